The van der Waals surface area contributed by atoms with Gasteiger partial charge in [-0.05, 0) is 50.4 Å². The van der Waals surface area contributed by atoms with Gasteiger partial charge < -0.3 is 15.3 Å². The fraction of sp³-hybridized carbons (Fsp3) is 0.739. The van der Waals surface area contributed by atoms with Gasteiger partial charge in [0.1, 0.15) is 5.78 Å². The minimum Gasteiger partial charge on any atom is -0.481 e. The molecule has 0 aromatic rings. The van der Waals surface area contributed by atoms with Crippen LogP contribution >= 0.6 is 0 Å². The Labute approximate surface area is 168 Å². The van der Waals surface area contributed by atoms with E-state index in [0.29, 0.717) is 25.7 Å². The molecule has 0 unspecified atom stereocenters. The van der Waals surface area contributed by atoms with Gasteiger partial charge in [-0.3, -0.25) is 9.59 Å². The topological polar surface area (TPSA) is 94.8 Å². The SMILES string of the molecule is CCCC1([C@H](O)C/C=C/[C@H]2[C@@H](O)CC(=O)[C@@H]2C/C=C\CCCC(=O)O)CCC1. The first-order valence-electron chi connectivity index (χ1n) is 10.8. The molecule has 0 aromatic carbocycles. The smallest absolute Gasteiger partial charge is 0.303 e. The normalized spacial score (nSPS) is 28.1. The number of allylic oxidation sites excluding steroid dienone is 2. The van der Waals surface area contributed by atoms with Crippen molar-refractivity contribution in [3.8, 4) is 0 Å². The number of hydrogen-bond donors (Lipinski definition) is 3. The number of carboxylic acids is 1. The highest BCUT2D eigenvalue weighted by Gasteiger charge is 2.42. The molecule has 2 fully saturated rings. The summed E-state index contributed by atoms with van der Waals surface area (Å²) in [5, 5.41) is 29.6. The Morgan fingerprint density at radius 3 is 2.64 bits per heavy atom. The maximum absolute atomic E-state index is 12.2. The third-order valence-electron chi connectivity index (χ3n) is 6.57. The number of aliphatic carboxylic acids is 1. The zero-order chi connectivity index (χ0) is 20.6. The molecule has 158 valence electrons. The Bertz CT molecular complexity index is 576. The second-order valence-corrected chi connectivity index (χ2v) is 8.56. The van der Waals surface area contributed by atoms with E-state index in [1.165, 1.54) is 6.42 Å². The van der Waals surface area contributed by atoms with E-state index in [1.54, 1.807) is 0 Å². The van der Waals surface area contributed by atoms with Crippen LogP contribution < -0.4 is 0 Å². The molecule has 0 amide bonds. The first kappa shape index (κ1) is 22.8. The molecule has 0 aromatic heterocycles. The Hall–Kier alpha value is -1.46. The number of carbonyl (C=O) groups excluding carboxylic acids is 1. The highest BCUT2D eigenvalue weighted by atomic mass is 16.4. The van der Waals surface area contributed by atoms with Crippen molar-refractivity contribution >= 4 is 11.8 Å². The van der Waals surface area contributed by atoms with Gasteiger partial charge in [-0.15, -0.1) is 0 Å². The summed E-state index contributed by atoms with van der Waals surface area (Å²) in [7, 11) is 0. The van der Waals surface area contributed by atoms with Crippen LogP contribution in [0.5, 0.6) is 0 Å². The molecule has 3 N–H and O–H groups in total. The maximum Gasteiger partial charge on any atom is 0.303 e. The van der Waals surface area contributed by atoms with Crippen LogP contribution in [0.1, 0.15) is 77.6 Å². The molecular weight excluding hydrogens is 356 g/mol. The zero-order valence-electron chi connectivity index (χ0n) is 17.1. The fourth-order valence-electron chi connectivity index (χ4n) is 4.75. The van der Waals surface area contributed by atoms with E-state index in [9.17, 15) is 19.8 Å². The summed E-state index contributed by atoms with van der Waals surface area (Å²) in [6, 6.07) is 0. The molecule has 5 heteroatoms. The van der Waals surface area contributed by atoms with Crippen molar-refractivity contribution in [3.05, 3.63) is 24.3 Å². The third-order valence-corrected chi connectivity index (χ3v) is 6.57. The van der Waals surface area contributed by atoms with E-state index >= 15 is 0 Å². The molecule has 2 aliphatic rings. The highest BCUT2D eigenvalue weighted by Crippen LogP contribution is 2.48. The summed E-state index contributed by atoms with van der Waals surface area (Å²) < 4.78 is 0. The van der Waals surface area contributed by atoms with Crippen LogP contribution in [0, 0.1) is 17.3 Å². The number of unbranched alkanes of at least 4 members (excludes halogenated alkanes) is 1. The van der Waals surface area contributed by atoms with Gasteiger partial charge in [0.25, 0.3) is 0 Å². The van der Waals surface area contributed by atoms with E-state index in [2.05, 4.69) is 6.92 Å². The summed E-state index contributed by atoms with van der Waals surface area (Å²) in [4.78, 5) is 22.8. The molecule has 0 radical (unpaired) electrons. The Morgan fingerprint density at radius 2 is 2.04 bits per heavy atom. The van der Waals surface area contributed by atoms with Crippen LogP contribution in [-0.4, -0.2) is 39.3 Å². The molecule has 2 aliphatic carbocycles. The van der Waals surface area contributed by atoms with E-state index in [4.69, 9.17) is 5.11 Å². The van der Waals surface area contributed by atoms with Crippen molar-refractivity contribution in [1.82, 2.24) is 0 Å². The predicted molar refractivity (Wildman–Crippen MR) is 109 cm³/mol. The van der Waals surface area contributed by atoms with Gasteiger partial charge in [0, 0.05) is 24.7 Å². The van der Waals surface area contributed by atoms with E-state index in [0.717, 1.165) is 25.7 Å². The molecule has 0 spiro atoms. The van der Waals surface area contributed by atoms with Gasteiger partial charge in [0.05, 0.1) is 12.2 Å². The summed E-state index contributed by atoms with van der Waals surface area (Å²) >= 11 is 0. The van der Waals surface area contributed by atoms with E-state index in [-0.39, 0.29) is 42.0 Å². The van der Waals surface area contributed by atoms with Gasteiger partial charge >= 0.3 is 5.97 Å². The summed E-state index contributed by atoms with van der Waals surface area (Å²) in [5.41, 5.74) is 0.0707. The molecule has 28 heavy (non-hydrogen) atoms. The molecule has 0 heterocycles. The first-order chi connectivity index (χ1) is 13.4. The largest absolute Gasteiger partial charge is 0.481 e. The van der Waals surface area contributed by atoms with E-state index < -0.39 is 12.1 Å². The molecular formula is C23H36O5. The number of rotatable bonds is 12. The molecule has 0 aliphatic heterocycles. The Balaban J connectivity index is 1.85. The van der Waals surface area contributed by atoms with Crippen LogP contribution in [0.15, 0.2) is 24.3 Å². The lowest BCUT2D eigenvalue weighted by Crippen LogP contribution is -2.41. The standard InChI is InChI=1S/C23H36O5/c1-2-13-23(14-8-15-23)21(26)11-7-10-18-17(19(24)16-20(18)25)9-5-3-4-6-12-22(27)28/h3,5,7,10,17-18,20-21,25-26H,2,4,6,8-9,11-16H2,1H3,(H,27,28)/b5-3-,10-7+/t17-,18-,20+,21-/m1/s1. The first-order valence-corrected chi connectivity index (χ1v) is 10.8. The number of carbonyl (C=O) groups is 2. The lowest BCUT2D eigenvalue weighted by Gasteiger charge is -2.45. The molecule has 5 nitrogen and oxygen atoms in total. The summed E-state index contributed by atoms with van der Waals surface area (Å²) in [6.07, 6.45) is 15.0. The van der Waals surface area contributed by atoms with Crippen molar-refractivity contribution in [2.45, 2.75) is 89.8 Å². The average Bonchev–Trinajstić information content (AvgIpc) is 2.87. The highest BCUT2D eigenvalue weighted by molar-refractivity contribution is 5.84. The summed E-state index contributed by atoms with van der Waals surface area (Å²) in [5.74, 6) is -1.14. The van der Waals surface area contributed by atoms with Gasteiger partial charge in [0.15, 0.2) is 0 Å². The molecule has 2 saturated carbocycles. The Kier molecular flexibility index (Phi) is 8.90. The lowest BCUT2D eigenvalue weighted by atomic mass is 9.62. The van der Waals surface area contributed by atoms with Crippen molar-refractivity contribution in [2.24, 2.45) is 17.3 Å². The Morgan fingerprint density at radius 1 is 1.29 bits per heavy atom. The molecule has 0 bridgehead atoms. The minimum absolute atomic E-state index is 0.0707. The number of hydrogen-bond acceptors (Lipinski definition) is 4. The minimum atomic E-state index is -0.794. The van der Waals surface area contributed by atoms with Crippen LogP contribution in [0.2, 0.25) is 0 Å². The van der Waals surface area contributed by atoms with Crippen LogP contribution in [0.3, 0.4) is 0 Å². The third kappa shape index (κ3) is 6.02. The van der Waals surface area contributed by atoms with Crippen LogP contribution in [0.25, 0.3) is 0 Å². The average molecular weight is 393 g/mol. The second kappa shape index (κ2) is 10.9. The maximum atomic E-state index is 12.2. The summed E-state index contributed by atoms with van der Waals surface area (Å²) in [6.45, 7) is 2.16. The number of aliphatic hydroxyl groups is 2. The van der Waals surface area contributed by atoms with Gasteiger partial charge in [-0.2, -0.15) is 0 Å². The van der Waals surface area contributed by atoms with Crippen molar-refractivity contribution in [3.63, 3.8) is 0 Å². The van der Waals surface area contributed by atoms with Crippen molar-refractivity contribution in [1.29, 1.82) is 0 Å². The quantitative estimate of drug-likeness (QED) is 0.344. The number of carboxylic acid groups (broad SMARTS) is 1. The van der Waals surface area contributed by atoms with Crippen molar-refractivity contribution < 1.29 is 24.9 Å². The van der Waals surface area contributed by atoms with Gasteiger partial charge in [-0.1, -0.05) is 44.1 Å². The van der Waals surface area contributed by atoms with Crippen LogP contribution in [0.4, 0.5) is 0 Å². The monoisotopic (exact) mass is 392 g/mol. The van der Waals surface area contributed by atoms with Crippen LogP contribution in [-0.2, 0) is 9.59 Å². The number of ketones is 1. The van der Waals surface area contributed by atoms with E-state index in [1.807, 2.05) is 24.3 Å². The molecule has 2 rings (SSSR count). The number of aliphatic hydroxyl groups excluding tert-OH is 2. The zero-order valence-corrected chi connectivity index (χ0v) is 17.1. The van der Waals surface area contributed by atoms with Crippen molar-refractivity contribution in [2.75, 3.05) is 0 Å². The second-order valence-electron chi connectivity index (χ2n) is 8.56. The lowest BCUT2D eigenvalue weighted by molar-refractivity contribution is -0.137. The van der Waals surface area contributed by atoms with Gasteiger partial charge in [-0.25, -0.2) is 0 Å². The molecule has 0 saturated heterocycles. The predicted octanol–water partition coefficient (Wildman–Crippen LogP) is 4.03. The van der Waals surface area contributed by atoms with Gasteiger partial charge in [0.2, 0.25) is 0 Å². The number of Topliss-reactive ketones (excluding diaryl/α,β-unsaturated/α-hetero) is 1. The molecule has 4 atom stereocenters. The fourth-order valence-corrected chi connectivity index (χ4v) is 4.75.